The van der Waals surface area contributed by atoms with Crippen molar-refractivity contribution in [1.82, 2.24) is 9.78 Å². The van der Waals surface area contributed by atoms with Crippen LogP contribution in [0.5, 0.6) is 11.5 Å². The van der Waals surface area contributed by atoms with E-state index in [4.69, 9.17) is 32.7 Å². The summed E-state index contributed by atoms with van der Waals surface area (Å²) in [5.74, 6) is 0.530. The van der Waals surface area contributed by atoms with E-state index in [2.05, 4.69) is 5.10 Å². The second-order valence-electron chi connectivity index (χ2n) is 8.19. The zero-order chi connectivity index (χ0) is 24.8. The van der Waals surface area contributed by atoms with Crippen LogP contribution in [0.3, 0.4) is 0 Å². The molecule has 1 aliphatic heterocycles. The Bertz CT molecular complexity index is 1260. The summed E-state index contributed by atoms with van der Waals surface area (Å²) in [6, 6.07) is 9.31. The minimum absolute atomic E-state index is 0.0260. The van der Waals surface area contributed by atoms with Gasteiger partial charge in [0, 0.05) is 24.7 Å². The molecule has 0 N–H and O–H groups in total. The predicted molar refractivity (Wildman–Crippen MR) is 122 cm³/mol. The molecule has 0 saturated carbocycles. The number of hydrogen-bond acceptors (Lipinski definition) is 4. The number of nitrogens with zero attached hydrogens (tertiary/aromatic N) is 3. The highest BCUT2D eigenvalue weighted by atomic mass is 35.5. The number of rotatable bonds is 5. The molecule has 1 amide bonds. The van der Waals surface area contributed by atoms with E-state index in [0.717, 1.165) is 4.68 Å². The molecule has 0 bridgehead atoms. The first-order valence-electron chi connectivity index (χ1n) is 10.3. The third kappa shape index (κ3) is 4.54. The van der Waals surface area contributed by atoms with Crippen LogP contribution in [-0.2, 0) is 12.6 Å². The summed E-state index contributed by atoms with van der Waals surface area (Å²) < 4.78 is 52.2. The van der Waals surface area contributed by atoms with Gasteiger partial charge in [-0.05, 0) is 30.5 Å². The van der Waals surface area contributed by atoms with Crippen LogP contribution in [0.15, 0.2) is 36.4 Å². The first-order valence-corrected chi connectivity index (χ1v) is 11.0. The lowest BCUT2D eigenvalue weighted by molar-refractivity contribution is -0.141. The molecule has 1 aliphatic rings. The molecular formula is C23H20Cl2F3N3O3. The number of benzene rings is 2. The fourth-order valence-electron chi connectivity index (χ4n) is 3.63. The first-order chi connectivity index (χ1) is 16.0. The van der Waals surface area contributed by atoms with Gasteiger partial charge < -0.3 is 14.4 Å². The van der Waals surface area contributed by atoms with E-state index >= 15 is 0 Å². The number of ether oxygens (including phenoxy) is 2. The fraction of sp³-hybridized carbons (Fsp3) is 0.304. The lowest BCUT2D eigenvalue weighted by atomic mass is 10.1. The number of carbonyl (C=O) groups excluding carboxylic acids is 1. The quantitative estimate of drug-likeness (QED) is 0.396. The third-order valence-electron chi connectivity index (χ3n) is 5.23. The molecule has 0 radical (unpaired) electrons. The maximum Gasteiger partial charge on any atom is 0.436 e. The van der Waals surface area contributed by atoms with Gasteiger partial charge in [-0.15, -0.1) is 0 Å². The zero-order valence-corrected chi connectivity index (χ0v) is 19.9. The van der Waals surface area contributed by atoms with Gasteiger partial charge in [-0.25, -0.2) is 4.68 Å². The molecule has 0 aliphatic carbocycles. The molecule has 0 atom stereocenters. The minimum atomic E-state index is -4.71. The lowest BCUT2D eigenvalue weighted by Crippen LogP contribution is -2.26. The maximum atomic E-state index is 13.5. The number of halogens is 5. The highest BCUT2D eigenvalue weighted by Crippen LogP contribution is 2.41. The van der Waals surface area contributed by atoms with Gasteiger partial charge in [0.05, 0.1) is 27.1 Å². The largest absolute Gasteiger partial charge is 0.454 e. The number of anilines is 1. The van der Waals surface area contributed by atoms with Gasteiger partial charge in [0.2, 0.25) is 6.79 Å². The molecule has 0 saturated heterocycles. The van der Waals surface area contributed by atoms with Crippen LogP contribution in [0.2, 0.25) is 10.0 Å². The van der Waals surface area contributed by atoms with Crippen LogP contribution in [0.1, 0.15) is 35.6 Å². The Kier molecular flexibility index (Phi) is 6.44. The van der Waals surface area contributed by atoms with Crippen molar-refractivity contribution in [2.24, 2.45) is 5.92 Å². The molecule has 0 unspecified atom stereocenters. The summed E-state index contributed by atoms with van der Waals surface area (Å²) in [5, 5.41) is 3.58. The smallest absolute Gasteiger partial charge is 0.436 e. The molecule has 0 fully saturated rings. The Morgan fingerprint density at radius 3 is 2.50 bits per heavy atom. The molecule has 2 heterocycles. The van der Waals surface area contributed by atoms with Gasteiger partial charge in [0.15, 0.2) is 17.2 Å². The van der Waals surface area contributed by atoms with Gasteiger partial charge in [-0.2, -0.15) is 18.3 Å². The highest BCUT2D eigenvalue weighted by Gasteiger charge is 2.39. The van der Waals surface area contributed by atoms with E-state index in [1.54, 1.807) is 30.3 Å². The minimum Gasteiger partial charge on any atom is -0.454 e. The molecule has 3 aromatic rings. The van der Waals surface area contributed by atoms with E-state index in [1.165, 1.54) is 18.0 Å². The van der Waals surface area contributed by atoms with Crippen LogP contribution < -0.4 is 14.4 Å². The Hall–Kier alpha value is -2.91. The Labute approximate surface area is 203 Å². The zero-order valence-electron chi connectivity index (χ0n) is 18.4. The topological polar surface area (TPSA) is 56.6 Å². The first kappa shape index (κ1) is 24.2. The monoisotopic (exact) mass is 513 g/mol. The Morgan fingerprint density at radius 2 is 1.85 bits per heavy atom. The van der Waals surface area contributed by atoms with Crippen LogP contribution in [0.25, 0.3) is 5.69 Å². The summed E-state index contributed by atoms with van der Waals surface area (Å²) in [6.07, 6.45) is -4.44. The molecule has 4 rings (SSSR count). The van der Waals surface area contributed by atoms with Crippen LogP contribution in [0.4, 0.5) is 18.9 Å². The van der Waals surface area contributed by atoms with Crippen molar-refractivity contribution in [3.8, 4) is 17.2 Å². The van der Waals surface area contributed by atoms with E-state index < -0.39 is 22.8 Å². The molecular weight excluding hydrogens is 494 g/mol. The molecule has 2 aromatic carbocycles. The van der Waals surface area contributed by atoms with Crippen molar-refractivity contribution < 1.29 is 27.4 Å². The van der Waals surface area contributed by atoms with Crippen molar-refractivity contribution in [1.29, 1.82) is 0 Å². The average Bonchev–Trinajstić information content (AvgIpc) is 3.35. The molecule has 6 nitrogen and oxygen atoms in total. The van der Waals surface area contributed by atoms with Crippen molar-refractivity contribution in [2.75, 3.05) is 18.7 Å². The van der Waals surface area contributed by atoms with Gasteiger partial charge in [-0.1, -0.05) is 43.1 Å². The summed E-state index contributed by atoms with van der Waals surface area (Å²) in [7, 11) is 1.54. The van der Waals surface area contributed by atoms with Gasteiger partial charge >= 0.3 is 6.18 Å². The summed E-state index contributed by atoms with van der Waals surface area (Å²) in [5.41, 5.74) is -0.0385. The van der Waals surface area contributed by atoms with Gasteiger partial charge in [-0.3, -0.25) is 4.79 Å². The van der Waals surface area contributed by atoms with E-state index in [-0.39, 0.29) is 41.1 Å². The van der Waals surface area contributed by atoms with Gasteiger partial charge in [0.1, 0.15) is 0 Å². The van der Waals surface area contributed by atoms with Crippen molar-refractivity contribution >= 4 is 34.8 Å². The summed E-state index contributed by atoms with van der Waals surface area (Å²) >= 11 is 12.4. The number of aromatic nitrogens is 2. The molecule has 34 heavy (non-hydrogen) atoms. The van der Waals surface area contributed by atoms with Crippen LogP contribution >= 0.6 is 23.2 Å². The number of amides is 1. The molecule has 11 heteroatoms. The summed E-state index contributed by atoms with van der Waals surface area (Å²) in [4.78, 5) is 14.6. The highest BCUT2D eigenvalue weighted by molar-refractivity contribution is 6.34. The Balaban J connectivity index is 1.72. The van der Waals surface area contributed by atoms with Crippen LogP contribution in [0, 0.1) is 5.92 Å². The van der Waals surface area contributed by atoms with Crippen LogP contribution in [-0.4, -0.2) is 29.5 Å². The standard InChI is InChI=1S/C23H20Cl2F3N3O3/c1-12(2)7-17-20(25)21(23(26,27)28)29-31(17)14-6-4-5-13(8-14)22(32)30(3)16-10-19-18(9-15(16)24)33-11-34-19/h4-6,8-10,12H,7,11H2,1-3H3. The molecule has 180 valence electrons. The lowest BCUT2D eigenvalue weighted by Gasteiger charge is -2.20. The van der Waals surface area contributed by atoms with Crippen molar-refractivity contribution in [3.63, 3.8) is 0 Å². The SMILES string of the molecule is CC(C)Cc1c(Cl)c(C(F)(F)F)nn1-c1cccc(C(=O)N(C)c2cc3c(cc2Cl)OCO3)c1. The summed E-state index contributed by atoms with van der Waals surface area (Å²) in [6.45, 7) is 3.79. The third-order valence-corrected chi connectivity index (χ3v) is 5.93. The number of carbonyl (C=O) groups is 1. The Morgan fingerprint density at radius 1 is 1.18 bits per heavy atom. The normalized spacial score (nSPS) is 13.0. The average molecular weight is 514 g/mol. The second kappa shape index (κ2) is 9.03. The fourth-order valence-corrected chi connectivity index (χ4v) is 4.21. The number of fused-ring (bicyclic) bond motifs is 1. The van der Waals surface area contributed by atoms with Gasteiger partial charge in [0.25, 0.3) is 5.91 Å². The molecule has 0 spiro atoms. The predicted octanol–water partition coefficient (Wildman–Crippen LogP) is 6.40. The van der Waals surface area contributed by atoms with Crippen molar-refractivity contribution in [3.05, 3.63) is 63.4 Å². The maximum absolute atomic E-state index is 13.5. The van der Waals surface area contributed by atoms with E-state index in [0.29, 0.717) is 17.2 Å². The number of alkyl halides is 3. The second-order valence-corrected chi connectivity index (χ2v) is 8.97. The molecule has 1 aromatic heterocycles. The van der Waals surface area contributed by atoms with E-state index in [9.17, 15) is 18.0 Å². The number of hydrogen-bond donors (Lipinski definition) is 0. The van der Waals surface area contributed by atoms with E-state index in [1.807, 2.05) is 13.8 Å². The van der Waals surface area contributed by atoms with Crippen molar-refractivity contribution in [2.45, 2.75) is 26.4 Å².